The first-order valence-corrected chi connectivity index (χ1v) is 6.76. The van der Waals surface area contributed by atoms with Gasteiger partial charge in [0.2, 0.25) is 6.43 Å². The van der Waals surface area contributed by atoms with Gasteiger partial charge in [0.05, 0.1) is 10.5 Å². The van der Waals surface area contributed by atoms with Gasteiger partial charge in [-0.15, -0.1) is 0 Å². The predicted octanol–water partition coefficient (Wildman–Crippen LogP) is 3.44. The highest BCUT2D eigenvalue weighted by Gasteiger charge is 2.38. The van der Waals surface area contributed by atoms with Crippen molar-refractivity contribution in [2.75, 3.05) is 0 Å². The smallest absolute Gasteiger partial charge is 0.210 e. The lowest BCUT2D eigenvalue weighted by Crippen LogP contribution is -2.14. The van der Waals surface area contributed by atoms with Gasteiger partial charge in [-0.25, -0.2) is 17.2 Å². The van der Waals surface area contributed by atoms with E-state index in [0.717, 1.165) is 12.1 Å². The van der Waals surface area contributed by atoms with Crippen molar-refractivity contribution in [3.05, 3.63) is 29.3 Å². The first-order valence-electron chi connectivity index (χ1n) is 4.45. The standard InChI is InChI=1S/C9H6ClF5O2S/c10-18(16,17)8-5(4-7(11)12)2-1-3-6(8)9(13,14)15/h1-3,7H,4H2. The van der Waals surface area contributed by atoms with E-state index in [1.807, 2.05) is 0 Å². The van der Waals surface area contributed by atoms with Gasteiger partial charge in [-0.2, -0.15) is 13.2 Å². The van der Waals surface area contributed by atoms with Crippen molar-refractivity contribution < 1.29 is 30.4 Å². The summed E-state index contributed by atoms with van der Waals surface area (Å²) in [5.74, 6) is 0. The molecule has 102 valence electrons. The van der Waals surface area contributed by atoms with Gasteiger partial charge >= 0.3 is 6.18 Å². The third-order valence-corrected chi connectivity index (χ3v) is 3.45. The van der Waals surface area contributed by atoms with E-state index in [4.69, 9.17) is 10.7 Å². The molecule has 0 saturated carbocycles. The number of hydrogen-bond acceptors (Lipinski definition) is 2. The van der Waals surface area contributed by atoms with Crippen LogP contribution < -0.4 is 0 Å². The molecule has 0 atom stereocenters. The Morgan fingerprint density at radius 1 is 1.22 bits per heavy atom. The second-order valence-corrected chi connectivity index (χ2v) is 5.83. The Hall–Kier alpha value is -0.890. The Labute approximate surface area is 104 Å². The molecule has 9 heteroatoms. The lowest BCUT2D eigenvalue weighted by Gasteiger charge is -2.14. The zero-order valence-electron chi connectivity index (χ0n) is 8.51. The molecule has 1 aromatic carbocycles. The fraction of sp³-hybridized carbons (Fsp3) is 0.333. The predicted molar refractivity (Wildman–Crippen MR) is 54.2 cm³/mol. The van der Waals surface area contributed by atoms with Crippen molar-refractivity contribution in [2.24, 2.45) is 0 Å². The van der Waals surface area contributed by atoms with Gasteiger partial charge in [0.1, 0.15) is 0 Å². The summed E-state index contributed by atoms with van der Waals surface area (Å²) in [7, 11) is 0.112. The van der Waals surface area contributed by atoms with E-state index in [2.05, 4.69) is 0 Å². The van der Waals surface area contributed by atoms with Crippen molar-refractivity contribution in [1.82, 2.24) is 0 Å². The number of halogens is 6. The summed E-state index contributed by atoms with van der Waals surface area (Å²) in [4.78, 5) is -1.31. The molecule has 0 N–H and O–H groups in total. The van der Waals surface area contributed by atoms with Crippen molar-refractivity contribution >= 4 is 19.7 Å². The Balaban J connectivity index is 3.56. The summed E-state index contributed by atoms with van der Waals surface area (Å²) in [5, 5.41) is 0. The minimum absolute atomic E-state index is 0.476. The van der Waals surface area contributed by atoms with Crippen LogP contribution in [0.1, 0.15) is 11.1 Å². The molecule has 0 bridgehead atoms. The number of hydrogen-bond donors (Lipinski definition) is 0. The van der Waals surface area contributed by atoms with Crippen LogP contribution in [0.5, 0.6) is 0 Å². The molecule has 0 heterocycles. The molecule has 1 aromatic rings. The van der Waals surface area contributed by atoms with Crippen LogP contribution in [0.2, 0.25) is 0 Å². The van der Waals surface area contributed by atoms with Gasteiger partial charge in [-0.05, 0) is 11.6 Å². The second-order valence-electron chi connectivity index (χ2n) is 3.32. The minimum atomic E-state index is -4.99. The maximum atomic E-state index is 12.6. The number of alkyl halides is 5. The largest absolute Gasteiger partial charge is 0.417 e. The summed E-state index contributed by atoms with van der Waals surface area (Å²) in [5.41, 5.74) is -2.20. The average Bonchev–Trinajstić information content (AvgIpc) is 2.13. The Kier molecular flexibility index (Phi) is 4.22. The van der Waals surface area contributed by atoms with Crippen LogP contribution in [0, 0.1) is 0 Å². The van der Waals surface area contributed by atoms with Crippen LogP contribution in [-0.2, 0) is 21.6 Å². The normalized spacial score (nSPS) is 13.1. The third kappa shape index (κ3) is 3.55. The molecule has 0 radical (unpaired) electrons. The maximum Gasteiger partial charge on any atom is 0.417 e. The zero-order valence-corrected chi connectivity index (χ0v) is 10.1. The molecule has 1 rings (SSSR count). The molecule has 18 heavy (non-hydrogen) atoms. The minimum Gasteiger partial charge on any atom is -0.210 e. The Bertz CT molecular complexity index is 538. The molecule has 0 aliphatic heterocycles. The summed E-state index contributed by atoms with van der Waals surface area (Å²) in [6, 6.07) is 2.20. The van der Waals surface area contributed by atoms with E-state index in [9.17, 15) is 30.4 Å². The van der Waals surface area contributed by atoms with E-state index in [-0.39, 0.29) is 0 Å². The summed E-state index contributed by atoms with van der Waals surface area (Å²) in [6.07, 6.45) is -9.09. The van der Waals surface area contributed by atoms with Gasteiger partial charge in [-0.1, -0.05) is 12.1 Å². The van der Waals surface area contributed by atoms with Crippen LogP contribution in [-0.4, -0.2) is 14.8 Å². The van der Waals surface area contributed by atoms with Crippen LogP contribution >= 0.6 is 10.7 Å². The fourth-order valence-electron chi connectivity index (χ4n) is 1.42. The third-order valence-electron chi connectivity index (χ3n) is 2.02. The lowest BCUT2D eigenvalue weighted by molar-refractivity contribution is -0.140. The number of rotatable bonds is 3. The van der Waals surface area contributed by atoms with E-state index >= 15 is 0 Å². The highest BCUT2D eigenvalue weighted by molar-refractivity contribution is 8.13. The molecular formula is C9H6ClF5O2S. The average molecular weight is 309 g/mol. The molecule has 0 spiro atoms. The molecule has 0 fully saturated rings. The molecule has 0 unspecified atom stereocenters. The maximum absolute atomic E-state index is 12.6. The molecule has 0 amide bonds. The zero-order chi connectivity index (χ0) is 14.1. The topological polar surface area (TPSA) is 34.1 Å². The summed E-state index contributed by atoms with van der Waals surface area (Å²) < 4.78 is 84.4. The molecule has 0 aliphatic carbocycles. The highest BCUT2D eigenvalue weighted by atomic mass is 35.7. The van der Waals surface area contributed by atoms with Crippen LogP contribution in [0.3, 0.4) is 0 Å². The SMILES string of the molecule is O=S(=O)(Cl)c1c(CC(F)F)cccc1C(F)(F)F. The van der Waals surface area contributed by atoms with Crippen molar-refractivity contribution in [1.29, 1.82) is 0 Å². The second kappa shape index (κ2) is 5.00. The van der Waals surface area contributed by atoms with Crippen LogP contribution in [0.4, 0.5) is 22.0 Å². The summed E-state index contributed by atoms with van der Waals surface area (Å²) >= 11 is 0. The van der Waals surface area contributed by atoms with Crippen molar-refractivity contribution in [2.45, 2.75) is 23.9 Å². The van der Waals surface area contributed by atoms with E-state index in [1.165, 1.54) is 0 Å². The van der Waals surface area contributed by atoms with Crippen LogP contribution in [0.15, 0.2) is 23.1 Å². The Morgan fingerprint density at radius 2 is 1.78 bits per heavy atom. The van der Waals surface area contributed by atoms with Gasteiger partial charge in [0.15, 0.2) is 0 Å². The quantitative estimate of drug-likeness (QED) is 0.633. The summed E-state index contributed by atoms with van der Waals surface area (Å²) in [6.45, 7) is 0. The Morgan fingerprint density at radius 3 is 2.17 bits per heavy atom. The van der Waals surface area contributed by atoms with Gasteiger partial charge in [-0.3, -0.25) is 0 Å². The molecule has 0 aliphatic rings. The first-order chi connectivity index (χ1) is 8.03. The van der Waals surface area contributed by atoms with Crippen molar-refractivity contribution in [3.8, 4) is 0 Å². The highest BCUT2D eigenvalue weighted by Crippen LogP contribution is 2.37. The fourth-order valence-corrected chi connectivity index (χ4v) is 2.88. The molecule has 0 saturated heterocycles. The van der Waals surface area contributed by atoms with E-state index < -0.39 is 44.1 Å². The molecule has 2 nitrogen and oxygen atoms in total. The molecular weight excluding hydrogens is 303 g/mol. The van der Waals surface area contributed by atoms with E-state index in [1.54, 1.807) is 0 Å². The van der Waals surface area contributed by atoms with Crippen LogP contribution in [0.25, 0.3) is 0 Å². The first kappa shape index (κ1) is 15.2. The number of benzene rings is 1. The van der Waals surface area contributed by atoms with E-state index in [0.29, 0.717) is 6.07 Å². The lowest BCUT2D eigenvalue weighted by atomic mass is 10.1. The van der Waals surface area contributed by atoms with Crippen molar-refractivity contribution in [3.63, 3.8) is 0 Å². The van der Waals surface area contributed by atoms with Gasteiger partial charge in [0, 0.05) is 17.1 Å². The van der Waals surface area contributed by atoms with Gasteiger partial charge < -0.3 is 0 Å². The monoisotopic (exact) mass is 308 g/mol. The molecule has 0 aromatic heterocycles. The van der Waals surface area contributed by atoms with Gasteiger partial charge in [0.25, 0.3) is 9.05 Å².